The van der Waals surface area contributed by atoms with Crippen molar-refractivity contribution in [3.8, 4) is 17.2 Å². The third-order valence-electron chi connectivity index (χ3n) is 4.20. The van der Waals surface area contributed by atoms with Gasteiger partial charge in [0.2, 0.25) is 0 Å². The Bertz CT molecular complexity index is 1020. The summed E-state index contributed by atoms with van der Waals surface area (Å²) in [7, 11) is 4.38. The number of barbiturate groups is 1. The first-order valence-electron chi connectivity index (χ1n) is 8.36. The smallest absolute Gasteiger partial charge is 0.335 e. The van der Waals surface area contributed by atoms with E-state index < -0.39 is 17.8 Å². The van der Waals surface area contributed by atoms with Crippen molar-refractivity contribution in [2.24, 2.45) is 0 Å². The molecular weight excluding hydrogens is 400 g/mol. The van der Waals surface area contributed by atoms with Crippen LogP contribution in [0.3, 0.4) is 0 Å². The van der Waals surface area contributed by atoms with E-state index in [0.29, 0.717) is 22.8 Å². The first kappa shape index (κ1) is 20.2. The van der Waals surface area contributed by atoms with Gasteiger partial charge in [-0.3, -0.25) is 14.9 Å². The summed E-state index contributed by atoms with van der Waals surface area (Å²) in [6, 6.07) is 8.52. The number of ether oxygens (including phenoxy) is 3. The number of carbonyl (C=O) groups excluding carboxylic acids is 3. The first-order valence-corrected chi connectivity index (χ1v) is 8.74. The van der Waals surface area contributed by atoms with Gasteiger partial charge in [-0.25, -0.2) is 9.69 Å². The van der Waals surface area contributed by atoms with Crippen LogP contribution in [-0.4, -0.2) is 39.2 Å². The Hall–Kier alpha value is -3.52. The Balaban J connectivity index is 2.02. The maximum Gasteiger partial charge on any atom is 0.335 e. The second kappa shape index (κ2) is 8.24. The molecule has 1 N–H and O–H groups in total. The number of amides is 4. The van der Waals surface area contributed by atoms with E-state index in [-0.39, 0.29) is 16.3 Å². The highest BCUT2D eigenvalue weighted by molar-refractivity contribution is 6.39. The highest BCUT2D eigenvalue weighted by atomic mass is 35.5. The van der Waals surface area contributed by atoms with Gasteiger partial charge in [-0.1, -0.05) is 11.6 Å². The maximum atomic E-state index is 12.9. The van der Waals surface area contributed by atoms with Gasteiger partial charge >= 0.3 is 6.03 Å². The van der Waals surface area contributed by atoms with Crippen LogP contribution in [0.2, 0.25) is 5.02 Å². The molecule has 1 heterocycles. The Kier molecular flexibility index (Phi) is 5.74. The number of nitrogens with one attached hydrogen (secondary N) is 1. The molecule has 0 atom stereocenters. The van der Waals surface area contributed by atoms with E-state index in [1.165, 1.54) is 45.6 Å². The molecule has 0 aromatic heterocycles. The van der Waals surface area contributed by atoms with E-state index in [1.54, 1.807) is 18.2 Å². The first-order chi connectivity index (χ1) is 13.9. The molecule has 0 bridgehead atoms. The summed E-state index contributed by atoms with van der Waals surface area (Å²) in [5, 5.41) is 2.40. The lowest BCUT2D eigenvalue weighted by Gasteiger charge is -2.26. The van der Waals surface area contributed by atoms with Crippen LogP contribution in [0.4, 0.5) is 10.5 Å². The molecule has 2 aromatic carbocycles. The minimum atomic E-state index is -0.840. The minimum Gasteiger partial charge on any atom is -0.497 e. The quantitative estimate of drug-likeness (QED) is 0.594. The number of halogens is 1. The minimum absolute atomic E-state index is 0.233. The molecule has 0 aliphatic carbocycles. The fraction of sp³-hybridized carbons (Fsp3) is 0.150. The molecule has 0 radical (unpaired) electrons. The zero-order valence-electron chi connectivity index (χ0n) is 15.8. The fourth-order valence-electron chi connectivity index (χ4n) is 2.81. The topological polar surface area (TPSA) is 94.2 Å². The van der Waals surface area contributed by atoms with E-state index >= 15 is 0 Å². The molecule has 1 fully saturated rings. The third kappa shape index (κ3) is 3.88. The monoisotopic (exact) mass is 416 g/mol. The van der Waals surface area contributed by atoms with Crippen LogP contribution >= 0.6 is 11.6 Å². The number of hydrogen-bond donors (Lipinski definition) is 1. The number of carbonyl (C=O) groups is 3. The fourth-order valence-corrected chi connectivity index (χ4v) is 3.11. The number of imide groups is 2. The number of urea groups is 1. The Morgan fingerprint density at radius 3 is 2.24 bits per heavy atom. The van der Waals surface area contributed by atoms with Gasteiger partial charge in [0, 0.05) is 0 Å². The number of benzene rings is 2. The molecule has 0 saturated carbocycles. The Labute approximate surface area is 171 Å². The highest BCUT2D eigenvalue weighted by Gasteiger charge is 2.36. The molecule has 4 amide bonds. The van der Waals surface area contributed by atoms with Crippen LogP contribution in [0.5, 0.6) is 17.2 Å². The summed E-state index contributed by atoms with van der Waals surface area (Å²) < 4.78 is 15.5. The van der Waals surface area contributed by atoms with Gasteiger partial charge < -0.3 is 14.2 Å². The van der Waals surface area contributed by atoms with Crippen molar-refractivity contribution in [1.29, 1.82) is 0 Å². The number of nitrogens with zero attached hydrogens (tertiary/aromatic N) is 1. The number of rotatable bonds is 5. The van der Waals surface area contributed by atoms with Gasteiger partial charge in [-0.2, -0.15) is 0 Å². The van der Waals surface area contributed by atoms with Crippen LogP contribution in [0.15, 0.2) is 42.0 Å². The van der Waals surface area contributed by atoms with Crippen LogP contribution in [-0.2, 0) is 9.59 Å². The van der Waals surface area contributed by atoms with Gasteiger partial charge in [0.15, 0.2) is 11.5 Å². The van der Waals surface area contributed by atoms with E-state index in [2.05, 4.69) is 5.32 Å². The molecule has 0 spiro atoms. The van der Waals surface area contributed by atoms with E-state index in [0.717, 1.165) is 4.90 Å². The molecule has 1 aliphatic rings. The standard InChI is InChI=1S/C20H17ClN2O6/c1-27-13-6-4-12(5-7-13)23-19(25)14(18(24)22-20(23)26)8-11-9-15(21)17(29-3)16(10-11)28-2/h4-10H,1-3H3,(H,22,24,26)/b14-8+. The maximum absolute atomic E-state index is 12.9. The average Bonchev–Trinajstić information content (AvgIpc) is 2.71. The summed E-state index contributed by atoms with van der Waals surface area (Å²) in [5.41, 5.74) is 0.482. The lowest BCUT2D eigenvalue weighted by atomic mass is 10.1. The molecule has 1 aliphatic heterocycles. The second-order valence-electron chi connectivity index (χ2n) is 5.89. The normalized spacial score (nSPS) is 15.4. The van der Waals surface area contributed by atoms with Crippen molar-refractivity contribution in [3.05, 3.63) is 52.6 Å². The highest BCUT2D eigenvalue weighted by Crippen LogP contribution is 2.37. The van der Waals surface area contributed by atoms with Crippen molar-refractivity contribution in [2.45, 2.75) is 0 Å². The van der Waals surface area contributed by atoms with Crippen molar-refractivity contribution in [2.75, 3.05) is 26.2 Å². The summed E-state index contributed by atoms with van der Waals surface area (Å²) in [6.07, 6.45) is 1.33. The predicted molar refractivity (Wildman–Crippen MR) is 107 cm³/mol. The van der Waals surface area contributed by atoms with Crippen LogP contribution < -0.4 is 24.4 Å². The third-order valence-corrected chi connectivity index (χ3v) is 4.48. The molecule has 1 saturated heterocycles. The van der Waals surface area contributed by atoms with E-state index in [1.807, 2.05) is 0 Å². The molecule has 3 rings (SSSR count). The van der Waals surface area contributed by atoms with Gasteiger partial charge in [-0.15, -0.1) is 0 Å². The van der Waals surface area contributed by atoms with Gasteiger partial charge in [0.25, 0.3) is 11.8 Å². The molecule has 0 unspecified atom stereocenters. The molecule has 150 valence electrons. The number of anilines is 1. The van der Waals surface area contributed by atoms with E-state index in [4.69, 9.17) is 25.8 Å². The lowest BCUT2D eigenvalue weighted by Crippen LogP contribution is -2.54. The van der Waals surface area contributed by atoms with Crippen molar-refractivity contribution in [1.82, 2.24) is 5.32 Å². The van der Waals surface area contributed by atoms with Crippen LogP contribution in [0, 0.1) is 0 Å². The van der Waals surface area contributed by atoms with Gasteiger partial charge in [-0.05, 0) is 48.0 Å². The number of methoxy groups -OCH3 is 3. The Morgan fingerprint density at radius 2 is 1.66 bits per heavy atom. The summed E-state index contributed by atoms with van der Waals surface area (Å²) in [6.45, 7) is 0. The van der Waals surface area contributed by atoms with Crippen molar-refractivity contribution in [3.63, 3.8) is 0 Å². The number of hydrogen-bond acceptors (Lipinski definition) is 6. The van der Waals surface area contributed by atoms with Gasteiger partial charge in [0.05, 0.1) is 32.0 Å². The Morgan fingerprint density at radius 1 is 0.966 bits per heavy atom. The molecule has 9 heteroatoms. The van der Waals surface area contributed by atoms with Crippen LogP contribution in [0.1, 0.15) is 5.56 Å². The SMILES string of the molecule is COc1ccc(N2C(=O)NC(=O)/C(=C\c3cc(Cl)c(OC)c(OC)c3)C2=O)cc1. The molecule has 8 nitrogen and oxygen atoms in total. The zero-order chi connectivity index (χ0) is 21.1. The molecule has 2 aromatic rings. The summed E-state index contributed by atoms with van der Waals surface area (Å²) in [4.78, 5) is 38.4. The molecular formula is C20H17ClN2O6. The summed E-state index contributed by atoms with van der Waals surface area (Å²) in [5.74, 6) is -0.361. The van der Waals surface area contributed by atoms with Gasteiger partial charge in [0.1, 0.15) is 11.3 Å². The molecule has 29 heavy (non-hydrogen) atoms. The predicted octanol–water partition coefficient (Wildman–Crippen LogP) is 3.03. The lowest BCUT2D eigenvalue weighted by molar-refractivity contribution is -0.122. The zero-order valence-corrected chi connectivity index (χ0v) is 16.6. The second-order valence-corrected chi connectivity index (χ2v) is 6.30. The average molecular weight is 417 g/mol. The summed E-state index contributed by atoms with van der Waals surface area (Å²) >= 11 is 6.18. The van der Waals surface area contributed by atoms with Crippen molar-refractivity contribution >= 4 is 41.2 Å². The largest absolute Gasteiger partial charge is 0.497 e. The van der Waals surface area contributed by atoms with Crippen LogP contribution in [0.25, 0.3) is 6.08 Å². The van der Waals surface area contributed by atoms with E-state index in [9.17, 15) is 14.4 Å². The van der Waals surface area contributed by atoms with Crippen molar-refractivity contribution < 1.29 is 28.6 Å².